The van der Waals surface area contributed by atoms with Crippen LogP contribution in [0.3, 0.4) is 0 Å². The zero-order valence-corrected chi connectivity index (χ0v) is 12.0. The first-order valence-corrected chi connectivity index (χ1v) is 7.26. The molecule has 0 aliphatic rings. The van der Waals surface area contributed by atoms with E-state index in [0.29, 0.717) is 18.5 Å². The highest BCUT2D eigenvalue weighted by Gasteiger charge is 2.18. The Morgan fingerprint density at radius 1 is 1.47 bits per heavy atom. The molecule has 0 radical (unpaired) electrons. The van der Waals surface area contributed by atoms with E-state index in [9.17, 15) is 4.79 Å². The Hall–Kier alpha value is -1.46. The van der Waals surface area contributed by atoms with Crippen LogP contribution in [-0.4, -0.2) is 40.1 Å². The quantitative estimate of drug-likeness (QED) is 0.914. The summed E-state index contributed by atoms with van der Waals surface area (Å²) < 4.78 is 1.02. The SMILES string of the molecule is CC(C)N(CCCO)C(=O)c1ccc2ncsc2c1. The lowest BCUT2D eigenvalue weighted by molar-refractivity contribution is 0.0693. The van der Waals surface area contributed by atoms with E-state index in [1.165, 1.54) is 11.3 Å². The molecule has 1 aromatic carbocycles. The van der Waals surface area contributed by atoms with Crippen molar-refractivity contribution in [3.8, 4) is 0 Å². The average Bonchev–Trinajstić information content (AvgIpc) is 2.85. The summed E-state index contributed by atoms with van der Waals surface area (Å²) in [5.41, 5.74) is 3.39. The van der Waals surface area contributed by atoms with E-state index in [4.69, 9.17) is 5.11 Å². The van der Waals surface area contributed by atoms with E-state index in [1.54, 1.807) is 10.4 Å². The summed E-state index contributed by atoms with van der Waals surface area (Å²) in [4.78, 5) is 18.5. The minimum Gasteiger partial charge on any atom is -0.396 e. The molecule has 1 N–H and O–H groups in total. The number of fused-ring (bicyclic) bond motifs is 1. The van der Waals surface area contributed by atoms with Gasteiger partial charge in [0.25, 0.3) is 5.91 Å². The molecule has 0 spiro atoms. The molecule has 102 valence electrons. The van der Waals surface area contributed by atoms with Crippen LogP contribution in [0.2, 0.25) is 0 Å². The number of rotatable bonds is 5. The molecule has 4 nitrogen and oxygen atoms in total. The van der Waals surface area contributed by atoms with Crippen LogP contribution in [0.4, 0.5) is 0 Å². The van der Waals surface area contributed by atoms with Gasteiger partial charge in [-0.2, -0.15) is 0 Å². The fraction of sp³-hybridized carbons (Fsp3) is 0.429. The van der Waals surface area contributed by atoms with Crippen LogP contribution < -0.4 is 0 Å². The second-order valence-corrected chi connectivity index (χ2v) is 5.59. The van der Waals surface area contributed by atoms with E-state index >= 15 is 0 Å². The smallest absolute Gasteiger partial charge is 0.254 e. The van der Waals surface area contributed by atoms with Crippen molar-refractivity contribution in [3.05, 3.63) is 29.3 Å². The van der Waals surface area contributed by atoms with Gasteiger partial charge in [-0.05, 0) is 38.5 Å². The number of amides is 1. The van der Waals surface area contributed by atoms with Gasteiger partial charge in [-0.1, -0.05) is 0 Å². The van der Waals surface area contributed by atoms with Crippen LogP contribution in [-0.2, 0) is 0 Å². The molecule has 0 fully saturated rings. The first-order valence-electron chi connectivity index (χ1n) is 6.38. The third kappa shape index (κ3) is 3.11. The lowest BCUT2D eigenvalue weighted by atomic mass is 10.1. The minimum atomic E-state index is 0.0127. The number of aliphatic hydroxyl groups excluding tert-OH is 1. The molecular formula is C14H18N2O2S. The predicted molar refractivity (Wildman–Crippen MR) is 77.5 cm³/mol. The Kier molecular flexibility index (Phi) is 4.50. The Morgan fingerprint density at radius 2 is 2.26 bits per heavy atom. The van der Waals surface area contributed by atoms with Gasteiger partial charge in [0.1, 0.15) is 0 Å². The normalized spacial score (nSPS) is 11.2. The van der Waals surface area contributed by atoms with Crippen LogP contribution in [0.15, 0.2) is 23.7 Å². The molecule has 0 aliphatic carbocycles. The van der Waals surface area contributed by atoms with Gasteiger partial charge >= 0.3 is 0 Å². The maximum absolute atomic E-state index is 12.5. The van der Waals surface area contributed by atoms with Gasteiger partial charge in [0, 0.05) is 24.8 Å². The van der Waals surface area contributed by atoms with Crippen molar-refractivity contribution >= 4 is 27.5 Å². The number of aliphatic hydroxyl groups is 1. The van der Waals surface area contributed by atoms with E-state index in [-0.39, 0.29) is 18.6 Å². The third-order valence-electron chi connectivity index (χ3n) is 3.02. The van der Waals surface area contributed by atoms with Crippen molar-refractivity contribution in [2.24, 2.45) is 0 Å². The molecule has 2 aromatic rings. The van der Waals surface area contributed by atoms with Crippen molar-refractivity contribution in [1.82, 2.24) is 9.88 Å². The number of carbonyl (C=O) groups is 1. The summed E-state index contributed by atoms with van der Waals surface area (Å²) in [6, 6.07) is 5.71. The first-order chi connectivity index (χ1) is 9.13. The van der Waals surface area contributed by atoms with E-state index in [0.717, 1.165) is 10.2 Å². The van der Waals surface area contributed by atoms with Crippen molar-refractivity contribution < 1.29 is 9.90 Å². The lowest BCUT2D eigenvalue weighted by Crippen LogP contribution is -2.38. The van der Waals surface area contributed by atoms with Crippen molar-refractivity contribution in [3.63, 3.8) is 0 Å². The average molecular weight is 278 g/mol. The van der Waals surface area contributed by atoms with Gasteiger partial charge < -0.3 is 10.0 Å². The van der Waals surface area contributed by atoms with E-state index in [2.05, 4.69) is 4.98 Å². The van der Waals surface area contributed by atoms with Crippen LogP contribution in [0.25, 0.3) is 10.2 Å². The fourth-order valence-electron chi connectivity index (χ4n) is 1.99. The molecule has 1 amide bonds. The summed E-state index contributed by atoms with van der Waals surface area (Å²) in [6.45, 7) is 4.65. The van der Waals surface area contributed by atoms with Crippen LogP contribution in [0.5, 0.6) is 0 Å². The highest BCUT2D eigenvalue weighted by Crippen LogP contribution is 2.20. The van der Waals surface area contributed by atoms with Crippen LogP contribution >= 0.6 is 11.3 Å². The third-order valence-corrected chi connectivity index (χ3v) is 3.81. The first kappa shape index (κ1) is 14.0. The van der Waals surface area contributed by atoms with Gasteiger partial charge in [-0.15, -0.1) is 11.3 Å². The number of carbonyl (C=O) groups excluding carboxylic acids is 1. The topological polar surface area (TPSA) is 53.4 Å². The second-order valence-electron chi connectivity index (χ2n) is 4.70. The molecule has 0 bridgehead atoms. The Balaban J connectivity index is 2.24. The van der Waals surface area contributed by atoms with E-state index < -0.39 is 0 Å². The fourth-order valence-corrected chi connectivity index (χ4v) is 2.71. The molecule has 0 aliphatic heterocycles. The molecule has 0 atom stereocenters. The van der Waals surface area contributed by atoms with E-state index in [1.807, 2.05) is 32.0 Å². The maximum atomic E-state index is 12.5. The molecule has 0 unspecified atom stereocenters. The molecule has 0 saturated heterocycles. The number of thiazole rings is 1. The second kappa shape index (κ2) is 6.12. The summed E-state index contributed by atoms with van der Waals surface area (Å²) in [5.74, 6) is 0.0127. The molecule has 0 saturated carbocycles. The number of hydrogen-bond donors (Lipinski definition) is 1. The molecule has 19 heavy (non-hydrogen) atoms. The van der Waals surface area contributed by atoms with Gasteiger partial charge in [-0.25, -0.2) is 4.98 Å². The monoisotopic (exact) mass is 278 g/mol. The molecule has 1 aromatic heterocycles. The Bertz CT molecular complexity index is 565. The number of hydrogen-bond acceptors (Lipinski definition) is 4. The summed E-state index contributed by atoms with van der Waals surface area (Å²) in [7, 11) is 0. The lowest BCUT2D eigenvalue weighted by Gasteiger charge is -2.26. The van der Waals surface area contributed by atoms with Gasteiger partial charge in [0.05, 0.1) is 15.7 Å². The summed E-state index contributed by atoms with van der Waals surface area (Å²) >= 11 is 1.54. The largest absolute Gasteiger partial charge is 0.396 e. The highest BCUT2D eigenvalue weighted by molar-refractivity contribution is 7.16. The highest BCUT2D eigenvalue weighted by atomic mass is 32.1. The van der Waals surface area contributed by atoms with Crippen molar-refractivity contribution in [2.45, 2.75) is 26.3 Å². The number of aromatic nitrogens is 1. The van der Waals surface area contributed by atoms with Gasteiger partial charge in [0.15, 0.2) is 0 Å². The van der Waals surface area contributed by atoms with Gasteiger partial charge in [0.2, 0.25) is 0 Å². The molecule has 2 rings (SSSR count). The maximum Gasteiger partial charge on any atom is 0.254 e. The zero-order valence-electron chi connectivity index (χ0n) is 11.2. The number of benzene rings is 1. The minimum absolute atomic E-state index is 0.0127. The van der Waals surface area contributed by atoms with Crippen molar-refractivity contribution in [2.75, 3.05) is 13.2 Å². The van der Waals surface area contributed by atoms with Gasteiger partial charge in [-0.3, -0.25) is 4.79 Å². The Labute approximate surface area is 116 Å². The van der Waals surface area contributed by atoms with Crippen molar-refractivity contribution in [1.29, 1.82) is 0 Å². The Morgan fingerprint density at radius 3 is 2.95 bits per heavy atom. The zero-order chi connectivity index (χ0) is 13.8. The van der Waals surface area contributed by atoms with Crippen LogP contribution in [0.1, 0.15) is 30.6 Å². The summed E-state index contributed by atoms with van der Waals surface area (Å²) in [5, 5.41) is 8.92. The van der Waals surface area contributed by atoms with Crippen LogP contribution in [0, 0.1) is 0 Å². The molecule has 5 heteroatoms. The summed E-state index contributed by atoms with van der Waals surface area (Å²) in [6.07, 6.45) is 0.604. The number of nitrogens with zero attached hydrogens (tertiary/aromatic N) is 2. The standard InChI is InChI=1S/C14H18N2O2S/c1-10(2)16(6-3-7-17)14(18)11-4-5-12-13(8-11)19-9-15-12/h4-5,8-10,17H,3,6-7H2,1-2H3. The predicted octanol–water partition coefficient (Wildman–Crippen LogP) is 2.53. The molecular weight excluding hydrogens is 260 g/mol. The molecule has 1 heterocycles.